The third kappa shape index (κ3) is 4.17. The normalized spacial score (nSPS) is 15.2. The highest BCUT2D eigenvalue weighted by Gasteiger charge is 2.31. The van der Waals surface area contributed by atoms with E-state index in [1.54, 1.807) is 24.3 Å². The summed E-state index contributed by atoms with van der Waals surface area (Å²) in [6.45, 7) is 1.45. The number of amides is 2. The molecule has 0 saturated heterocycles. The molecule has 2 aromatic carbocycles. The quantitative estimate of drug-likeness (QED) is 0.645. The second-order valence-corrected chi connectivity index (χ2v) is 7.40. The molecule has 29 heavy (non-hydrogen) atoms. The summed E-state index contributed by atoms with van der Waals surface area (Å²) in [6.07, 6.45) is -0.557. The molecule has 0 fully saturated rings. The van der Waals surface area contributed by atoms with Crippen molar-refractivity contribution in [1.29, 1.82) is 0 Å². The second kappa shape index (κ2) is 7.84. The maximum atomic E-state index is 12.6. The fourth-order valence-electron chi connectivity index (χ4n) is 3.05. The molecule has 0 radical (unpaired) electrons. The van der Waals surface area contributed by atoms with E-state index in [2.05, 4.69) is 15.6 Å². The van der Waals surface area contributed by atoms with Crippen molar-refractivity contribution in [3.63, 3.8) is 0 Å². The minimum atomic E-state index is -0.887. The summed E-state index contributed by atoms with van der Waals surface area (Å²) in [5.41, 5.74) is 3.54. The van der Waals surface area contributed by atoms with Gasteiger partial charge in [0.15, 0.2) is 11.2 Å². The molecule has 8 heteroatoms. The number of rotatable bonds is 4. The molecule has 0 aliphatic carbocycles. The fourth-order valence-corrected chi connectivity index (χ4v) is 3.78. The maximum Gasteiger partial charge on any atom is 0.339 e. The van der Waals surface area contributed by atoms with Crippen LogP contribution in [0.5, 0.6) is 0 Å². The SMILES string of the molecule is CC(=O)Nc1ccc(-c2csc(NC(=O)[C@H]3Cc4ccccc4C(=O)O3)n2)cc1. The number of aromatic nitrogens is 1. The van der Waals surface area contributed by atoms with Crippen LogP contribution in [0.4, 0.5) is 10.8 Å². The van der Waals surface area contributed by atoms with Crippen molar-refractivity contribution in [2.24, 2.45) is 0 Å². The van der Waals surface area contributed by atoms with Crippen LogP contribution in [0, 0.1) is 0 Å². The third-order valence-electron chi connectivity index (χ3n) is 4.42. The zero-order chi connectivity index (χ0) is 20.4. The second-order valence-electron chi connectivity index (χ2n) is 6.54. The van der Waals surface area contributed by atoms with Gasteiger partial charge in [0, 0.05) is 30.0 Å². The first-order valence-corrected chi connectivity index (χ1v) is 9.81. The molecule has 1 atom stereocenters. The van der Waals surface area contributed by atoms with E-state index < -0.39 is 18.0 Å². The maximum absolute atomic E-state index is 12.6. The van der Waals surface area contributed by atoms with Crippen LogP contribution >= 0.6 is 11.3 Å². The van der Waals surface area contributed by atoms with Gasteiger partial charge in [-0.15, -0.1) is 11.3 Å². The molecule has 0 spiro atoms. The van der Waals surface area contributed by atoms with Crippen molar-refractivity contribution < 1.29 is 19.1 Å². The molecule has 2 N–H and O–H groups in total. The smallest absolute Gasteiger partial charge is 0.339 e. The number of fused-ring (bicyclic) bond motifs is 1. The van der Waals surface area contributed by atoms with Gasteiger partial charge in [-0.05, 0) is 23.8 Å². The van der Waals surface area contributed by atoms with E-state index in [0.717, 1.165) is 11.1 Å². The van der Waals surface area contributed by atoms with E-state index in [-0.39, 0.29) is 5.91 Å². The summed E-state index contributed by atoms with van der Waals surface area (Å²) >= 11 is 1.28. The van der Waals surface area contributed by atoms with Crippen LogP contribution in [0.25, 0.3) is 11.3 Å². The van der Waals surface area contributed by atoms with Crippen LogP contribution in [0.15, 0.2) is 53.9 Å². The van der Waals surface area contributed by atoms with E-state index >= 15 is 0 Å². The van der Waals surface area contributed by atoms with Crippen molar-refractivity contribution >= 4 is 39.9 Å². The summed E-state index contributed by atoms with van der Waals surface area (Å²) in [5, 5.41) is 7.68. The Morgan fingerprint density at radius 1 is 1.10 bits per heavy atom. The van der Waals surface area contributed by atoms with Gasteiger partial charge in [-0.3, -0.25) is 14.9 Å². The number of esters is 1. The fraction of sp³-hybridized carbons (Fsp3) is 0.143. The Bertz CT molecular complexity index is 1090. The van der Waals surface area contributed by atoms with Gasteiger partial charge >= 0.3 is 5.97 Å². The van der Waals surface area contributed by atoms with Crippen molar-refractivity contribution in [2.45, 2.75) is 19.4 Å². The summed E-state index contributed by atoms with van der Waals surface area (Å²) in [6, 6.07) is 14.4. The van der Waals surface area contributed by atoms with Crippen LogP contribution in [0.2, 0.25) is 0 Å². The standard InChI is InChI=1S/C21H17N3O4S/c1-12(25)22-15-8-6-13(7-9-15)17-11-29-21(23-17)24-19(26)18-10-14-4-2-3-5-16(14)20(27)28-18/h2-9,11,18H,10H2,1H3,(H,22,25)(H,23,24,26)/t18-/m1/s1. The number of anilines is 2. The lowest BCUT2D eigenvalue weighted by molar-refractivity contribution is -0.125. The first-order valence-electron chi connectivity index (χ1n) is 8.93. The van der Waals surface area contributed by atoms with Gasteiger partial charge in [-0.1, -0.05) is 30.3 Å². The van der Waals surface area contributed by atoms with Crippen molar-refractivity contribution in [1.82, 2.24) is 4.98 Å². The van der Waals surface area contributed by atoms with Crippen molar-refractivity contribution in [2.75, 3.05) is 10.6 Å². The number of thiazole rings is 1. The Morgan fingerprint density at radius 2 is 1.86 bits per heavy atom. The van der Waals surface area contributed by atoms with E-state index in [9.17, 15) is 14.4 Å². The zero-order valence-electron chi connectivity index (χ0n) is 15.5. The van der Waals surface area contributed by atoms with E-state index in [1.165, 1.54) is 18.3 Å². The average molecular weight is 407 g/mol. The number of carbonyl (C=O) groups excluding carboxylic acids is 3. The number of carbonyl (C=O) groups is 3. The first-order chi connectivity index (χ1) is 14.0. The predicted molar refractivity (Wildman–Crippen MR) is 110 cm³/mol. The lowest BCUT2D eigenvalue weighted by Crippen LogP contribution is -2.37. The number of benzene rings is 2. The van der Waals surface area contributed by atoms with Gasteiger partial charge in [0.05, 0.1) is 11.3 Å². The lowest BCUT2D eigenvalue weighted by atomic mass is 9.98. The summed E-state index contributed by atoms with van der Waals surface area (Å²) in [4.78, 5) is 40.2. The Kier molecular flexibility index (Phi) is 5.09. The van der Waals surface area contributed by atoms with E-state index in [1.807, 2.05) is 29.6 Å². The molecule has 1 aromatic heterocycles. The third-order valence-corrected chi connectivity index (χ3v) is 5.18. The Morgan fingerprint density at radius 3 is 2.62 bits per heavy atom. The number of hydrogen-bond donors (Lipinski definition) is 2. The molecule has 0 bridgehead atoms. The number of cyclic esters (lactones) is 1. The van der Waals surface area contributed by atoms with Gasteiger partial charge in [-0.25, -0.2) is 9.78 Å². The molecule has 1 aliphatic rings. The molecule has 4 rings (SSSR count). The molecule has 0 unspecified atom stereocenters. The van der Waals surface area contributed by atoms with Gasteiger partial charge in [0.25, 0.3) is 5.91 Å². The van der Waals surface area contributed by atoms with Crippen LogP contribution in [0.1, 0.15) is 22.8 Å². The molecular formula is C21H17N3O4S. The number of nitrogens with zero attached hydrogens (tertiary/aromatic N) is 1. The minimum Gasteiger partial charge on any atom is -0.448 e. The van der Waals surface area contributed by atoms with Crippen LogP contribution < -0.4 is 10.6 Å². The van der Waals surface area contributed by atoms with E-state index in [0.29, 0.717) is 28.5 Å². The molecule has 1 aliphatic heterocycles. The van der Waals surface area contributed by atoms with Gasteiger partial charge in [0.1, 0.15) is 0 Å². The highest BCUT2D eigenvalue weighted by Crippen LogP contribution is 2.27. The Hall–Kier alpha value is -3.52. The highest BCUT2D eigenvalue weighted by molar-refractivity contribution is 7.14. The van der Waals surface area contributed by atoms with Gasteiger partial charge < -0.3 is 10.1 Å². The number of ether oxygens (including phenoxy) is 1. The molecule has 3 aromatic rings. The van der Waals surface area contributed by atoms with Crippen molar-refractivity contribution in [3.8, 4) is 11.3 Å². The molecule has 2 heterocycles. The van der Waals surface area contributed by atoms with Gasteiger partial charge in [0.2, 0.25) is 5.91 Å². The molecule has 0 saturated carbocycles. The summed E-state index contributed by atoms with van der Waals surface area (Å²) in [7, 11) is 0. The van der Waals surface area contributed by atoms with Crippen LogP contribution in [-0.4, -0.2) is 28.9 Å². The summed E-state index contributed by atoms with van der Waals surface area (Å²) < 4.78 is 5.27. The lowest BCUT2D eigenvalue weighted by Gasteiger charge is -2.23. The average Bonchev–Trinajstić information content (AvgIpc) is 3.16. The van der Waals surface area contributed by atoms with Crippen molar-refractivity contribution in [3.05, 3.63) is 65.0 Å². The Labute approximate surface area is 170 Å². The molecule has 7 nitrogen and oxygen atoms in total. The molecule has 2 amide bonds. The topological polar surface area (TPSA) is 97.4 Å². The monoisotopic (exact) mass is 407 g/mol. The largest absolute Gasteiger partial charge is 0.448 e. The first kappa shape index (κ1) is 18.8. The zero-order valence-corrected chi connectivity index (χ0v) is 16.3. The highest BCUT2D eigenvalue weighted by atomic mass is 32.1. The molecular weight excluding hydrogens is 390 g/mol. The minimum absolute atomic E-state index is 0.137. The Balaban J connectivity index is 1.43. The van der Waals surface area contributed by atoms with Crippen LogP contribution in [0.3, 0.4) is 0 Å². The number of hydrogen-bond acceptors (Lipinski definition) is 6. The predicted octanol–water partition coefficient (Wildman–Crippen LogP) is 3.49. The summed E-state index contributed by atoms with van der Waals surface area (Å²) in [5.74, 6) is -1.04. The van der Waals surface area contributed by atoms with Gasteiger partial charge in [-0.2, -0.15) is 0 Å². The van der Waals surface area contributed by atoms with Crippen LogP contribution in [-0.2, 0) is 20.7 Å². The number of nitrogens with one attached hydrogen (secondary N) is 2. The molecule has 146 valence electrons. The van der Waals surface area contributed by atoms with E-state index in [4.69, 9.17) is 4.74 Å².